The number of fused-ring (bicyclic) bond motifs is 1. The van der Waals surface area contributed by atoms with Crippen molar-refractivity contribution in [3.05, 3.63) is 101 Å². The van der Waals surface area contributed by atoms with Crippen LogP contribution in [0.15, 0.2) is 72.9 Å². The predicted molar refractivity (Wildman–Crippen MR) is 132 cm³/mol. The van der Waals surface area contributed by atoms with E-state index in [1.165, 1.54) is 5.56 Å². The number of aromatic nitrogens is 5. The van der Waals surface area contributed by atoms with Crippen LogP contribution in [0.25, 0.3) is 22.3 Å². The molecule has 1 N–H and O–H groups in total. The van der Waals surface area contributed by atoms with Crippen LogP contribution in [0.3, 0.4) is 0 Å². The van der Waals surface area contributed by atoms with Crippen LogP contribution in [-0.4, -0.2) is 30.5 Å². The number of nitrogens with zero attached hydrogens (tertiary/aromatic N) is 5. The van der Waals surface area contributed by atoms with Crippen molar-refractivity contribution < 1.29 is 4.79 Å². The van der Waals surface area contributed by atoms with Gasteiger partial charge in [0.05, 0.1) is 28.9 Å². The highest BCUT2D eigenvalue weighted by atomic mass is 16.1. The molecule has 0 fully saturated rings. The van der Waals surface area contributed by atoms with Crippen LogP contribution >= 0.6 is 0 Å². The van der Waals surface area contributed by atoms with Gasteiger partial charge in [0, 0.05) is 36.6 Å². The maximum Gasteiger partial charge on any atom is 0.252 e. The Bertz CT molecular complexity index is 1470. The van der Waals surface area contributed by atoms with Crippen LogP contribution in [0, 0.1) is 13.8 Å². The van der Waals surface area contributed by atoms with E-state index < -0.39 is 0 Å². The summed E-state index contributed by atoms with van der Waals surface area (Å²) in [6.07, 6.45) is 2.01. The summed E-state index contributed by atoms with van der Waals surface area (Å²) in [5, 5.41) is 13.2. The summed E-state index contributed by atoms with van der Waals surface area (Å²) in [4.78, 5) is 17.8. The number of hydrogen-bond acceptors (Lipinski definition) is 4. The van der Waals surface area contributed by atoms with Gasteiger partial charge in [0.2, 0.25) is 0 Å². The van der Waals surface area contributed by atoms with Crippen LogP contribution in [0.5, 0.6) is 0 Å². The summed E-state index contributed by atoms with van der Waals surface area (Å²) >= 11 is 0. The minimum absolute atomic E-state index is 0.151. The second-order valence-corrected chi connectivity index (χ2v) is 8.45. The van der Waals surface area contributed by atoms with Gasteiger partial charge in [-0.1, -0.05) is 60.7 Å². The summed E-state index contributed by atoms with van der Waals surface area (Å²) in [5.41, 5.74) is 6.88. The molecule has 0 saturated heterocycles. The topological polar surface area (TPSA) is 77.6 Å². The van der Waals surface area contributed by atoms with Gasteiger partial charge in [-0.3, -0.25) is 14.2 Å². The Hall–Kier alpha value is -4.26. The number of aryl methyl sites for hydroxylation is 3. The van der Waals surface area contributed by atoms with Crippen molar-refractivity contribution in [3.63, 3.8) is 0 Å². The highest BCUT2D eigenvalue weighted by molar-refractivity contribution is 6.06. The monoisotopic (exact) mass is 450 g/mol. The lowest BCUT2D eigenvalue weighted by Gasteiger charge is -2.08. The number of amides is 1. The van der Waals surface area contributed by atoms with Crippen molar-refractivity contribution >= 4 is 16.9 Å². The fourth-order valence-electron chi connectivity index (χ4n) is 4.30. The molecule has 0 radical (unpaired) electrons. The first-order chi connectivity index (χ1) is 16.5. The number of pyridine rings is 1. The zero-order chi connectivity index (χ0) is 23.7. The van der Waals surface area contributed by atoms with Gasteiger partial charge in [0.25, 0.3) is 5.91 Å². The third-order valence-electron chi connectivity index (χ3n) is 5.85. The predicted octanol–water partition coefficient (Wildman–Crippen LogP) is 4.43. The van der Waals surface area contributed by atoms with Crippen molar-refractivity contribution in [2.24, 2.45) is 7.05 Å². The molecule has 0 aliphatic heterocycles. The molecule has 0 aliphatic carbocycles. The van der Waals surface area contributed by atoms with Crippen molar-refractivity contribution in [2.45, 2.75) is 26.9 Å². The van der Waals surface area contributed by atoms with Gasteiger partial charge >= 0.3 is 0 Å². The van der Waals surface area contributed by atoms with E-state index in [1.807, 2.05) is 86.4 Å². The molecule has 0 aliphatic rings. The fourth-order valence-corrected chi connectivity index (χ4v) is 4.30. The van der Waals surface area contributed by atoms with Gasteiger partial charge in [0.15, 0.2) is 5.65 Å². The maximum atomic E-state index is 13.3. The number of benzene rings is 2. The minimum Gasteiger partial charge on any atom is -0.348 e. The number of carbonyl (C=O) groups excluding carboxylic acids is 1. The fraction of sp³-hybridized carbons (Fsp3) is 0.185. The van der Waals surface area contributed by atoms with E-state index in [-0.39, 0.29) is 5.91 Å². The molecule has 34 heavy (non-hydrogen) atoms. The number of hydrogen-bond donors (Lipinski definition) is 1. The number of carbonyl (C=O) groups is 1. The van der Waals surface area contributed by atoms with Crippen LogP contribution in [0.1, 0.15) is 32.9 Å². The van der Waals surface area contributed by atoms with E-state index in [9.17, 15) is 4.79 Å². The lowest BCUT2D eigenvalue weighted by Crippen LogP contribution is -2.23. The number of rotatable bonds is 6. The SMILES string of the molecule is Cc1cc(C(=O)NCc2cn(Cc3ccccc3)nc2-c2ccccc2)c2c(C)nn(C)c2n1. The van der Waals surface area contributed by atoms with Gasteiger partial charge < -0.3 is 5.32 Å². The summed E-state index contributed by atoms with van der Waals surface area (Å²) in [6.45, 7) is 4.81. The first kappa shape index (κ1) is 21.6. The molecule has 3 heterocycles. The largest absolute Gasteiger partial charge is 0.348 e. The van der Waals surface area contributed by atoms with Gasteiger partial charge in [0.1, 0.15) is 0 Å². The van der Waals surface area contributed by atoms with Crippen LogP contribution < -0.4 is 5.32 Å². The molecular formula is C27H26N6O. The average Bonchev–Trinajstić information content (AvgIpc) is 3.38. The normalized spacial score (nSPS) is 11.1. The molecule has 7 nitrogen and oxygen atoms in total. The standard InChI is InChI=1S/C27H26N6O/c1-18-14-23(24-19(2)30-32(3)26(24)29-18)27(34)28-15-22-17-33(16-20-10-6-4-7-11-20)31-25(22)21-12-8-5-9-13-21/h4-14,17H,15-16H2,1-3H3,(H,28,34). The van der Waals surface area contributed by atoms with Crippen LogP contribution in [0.4, 0.5) is 0 Å². The Morgan fingerprint density at radius 1 is 0.971 bits per heavy atom. The van der Waals surface area contributed by atoms with Gasteiger partial charge in [-0.25, -0.2) is 4.98 Å². The third kappa shape index (κ3) is 4.20. The Morgan fingerprint density at radius 3 is 2.41 bits per heavy atom. The molecule has 0 spiro atoms. The molecule has 0 bridgehead atoms. The molecule has 170 valence electrons. The zero-order valence-corrected chi connectivity index (χ0v) is 19.5. The maximum absolute atomic E-state index is 13.3. The molecule has 0 unspecified atom stereocenters. The van der Waals surface area contributed by atoms with Crippen molar-refractivity contribution in [2.75, 3.05) is 0 Å². The van der Waals surface area contributed by atoms with E-state index in [2.05, 4.69) is 27.5 Å². The molecule has 2 aromatic carbocycles. The second-order valence-electron chi connectivity index (χ2n) is 8.45. The van der Waals surface area contributed by atoms with E-state index in [1.54, 1.807) is 4.68 Å². The van der Waals surface area contributed by atoms with Gasteiger partial charge in [-0.05, 0) is 25.5 Å². The molecule has 1 amide bonds. The lowest BCUT2D eigenvalue weighted by atomic mass is 10.1. The summed E-state index contributed by atoms with van der Waals surface area (Å²) in [5.74, 6) is -0.151. The Kier molecular flexibility index (Phi) is 5.67. The number of nitrogens with one attached hydrogen (secondary N) is 1. The average molecular weight is 451 g/mol. The van der Waals surface area contributed by atoms with Crippen LogP contribution in [0.2, 0.25) is 0 Å². The molecular weight excluding hydrogens is 424 g/mol. The highest BCUT2D eigenvalue weighted by Gasteiger charge is 2.19. The van der Waals surface area contributed by atoms with E-state index in [4.69, 9.17) is 5.10 Å². The Morgan fingerprint density at radius 2 is 1.68 bits per heavy atom. The zero-order valence-electron chi connectivity index (χ0n) is 19.5. The Labute approximate surface area is 198 Å². The molecule has 7 heteroatoms. The molecule has 3 aromatic heterocycles. The molecule has 0 saturated carbocycles. The van der Waals surface area contributed by atoms with E-state index >= 15 is 0 Å². The first-order valence-electron chi connectivity index (χ1n) is 11.2. The van der Waals surface area contributed by atoms with Crippen molar-refractivity contribution in [1.82, 2.24) is 29.9 Å². The quantitative estimate of drug-likeness (QED) is 0.415. The second kappa shape index (κ2) is 8.94. The summed E-state index contributed by atoms with van der Waals surface area (Å²) in [7, 11) is 1.84. The highest BCUT2D eigenvalue weighted by Crippen LogP contribution is 2.24. The van der Waals surface area contributed by atoms with Gasteiger partial charge in [-0.2, -0.15) is 10.2 Å². The summed E-state index contributed by atoms with van der Waals surface area (Å²) < 4.78 is 3.65. The third-order valence-corrected chi connectivity index (χ3v) is 5.85. The van der Waals surface area contributed by atoms with E-state index in [0.29, 0.717) is 24.3 Å². The molecule has 0 atom stereocenters. The molecule has 5 aromatic rings. The Balaban J connectivity index is 1.45. The first-order valence-corrected chi connectivity index (χ1v) is 11.2. The van der Waals surface area contributed by atoms with Gasteiger partial charge in [-0.15, -0.1) is 0 Å². The minimum atomic E-state index is -0.151. The van der Waals surface area contributed by atoms with E-state index in [0.717, 1.165) is 33.6 Å². The van der Waals surface area contributed by atoms with Crippen LogP contribution in [-0.2, 0) is 20.1 Å². The summed E-state index contributed by atoms with van der Waals surface area (Å²) in [6, 6.07) is 22.1. The van der Waals surface area contributed by atoms with Crippen molar-refractivity contribution in [1.29, 1.82) is 0 Å². The lowest BCUT2D eigenvalue weighted by molar-refractivity contribution is 0.0952. The molecule has 5 rings (SSSR count). The smallest absolute Gasteiger partial charge is 0.252 e. The van der Waals surface area contributed by atoms with Crippen molar-refractivity contribution in [3.8, 4) is 11.3 Å².